The molecule has 0 saturated carbocycles. The van der Waals surface area contributed by atoms with E-state index in [1.54, 1.807) is 6.33 Å². The molecule has 0 N–H and O–H groups in total. The maximum Gasteiger partial charge on any atom is 0.416 e. The largest absolute Gasteiger partial charge is 0.416 e. The van der Waals surface area contributed by atoms with Crippen LogP contribution in [0.15, 0.2) is 18.5 Å². The van der Waals surface area contributed by atoms with Crippen molar-refractivity contribution in [2.45, 2.75) is 24.9 Å². The van der Waals surface area contributed by atoms with E-state index in [-0.39, 0.29) is 16.5 Å². The molecule has 132 valence electrons. The Labute approximate surface area is 147 Å². The second-order valence-electron chi connectivity index (χ2n) is 6.03. The second-order valence-corrected chi connectivity index (χ2v) is 6.43. The summed E-state index contributed by atoms with van der Waals surface area (Å²) < 4.78 is 40.6. The minimum absolute atomic E-state index is 0.0523. The highest BCUT2D eigenvalue weighted by Gasteiger charge is 2.33. The van der Waals surface area contributed by atoms with Crippen LogP contribution in [0.3, 0.4) is 0 Å². The summed E-state index contributed by atoms with van der Waals surface area (Å²) in [6.45, 7) is 1.16. The van der Waals surface area contributed by atoms with Gasteiger partial charge in [0, 0.05) is 26.1 Å². The van der Waals surface area contributed by atoms with Gasteiger partial charge in [0.1, 0.15) is 18.2 Å². The van der Waals surface area contributed by atoms with Crippen molar-refractivity contribution in [2.24, 2.45) is 7.05 Å². The first kappa shape index (κ1) is 17.5. The summed E-state index contributed by atoms with van der Waals surface area (Å²) in [5.74, 6) is 1.11. The van der Waals surface area contributed by atoms with Gasteiger partial charge in [-0.3, -0.25) is 0 Å². The van der Waals surface area contributed by atoms with Crippen LogP contribution in [0.4, 0.5) is 18.9 Å². The average Bonchev–Trinajstić information content (AvgIpc) is 2.99. The molecule has 2 aromatic rings. The van der Waals surface area contributed by atoms with Crippen LogP contribution in [0.2, 0.25) is 5.02 Å². The van der Waals surface area contributed by atoms with Crippen molar-refractivity contribution in [3.8, 4) is 6.07 Å². The fourth-order valence-electron chi connectivity index (χ4n) is 3.19. The molecule has 0 atom stereocenters. The van der Waals surface area contributed by atoms with Gasteiger partial charge in [-0.05, 0) is 25.0 Å². The summed E-state index contributed by atoms with van der Waals surface area (Å²) in [5, 5.41) is 17.2. The zero-order valence-electron chi connectivity index (χ0n) is 13.4. The SMILES string of the molecule is Cn1cnnc1C1CCN(c2c(Cl)cc(C(F)(F)F)cc2C#N)CC1. The second kappa shape index (κ2) is 6.56. The molecule has 1 aromatic carbocycles. The molecule has 1 saturated heterocycles. The molecule has 5 nitrogen and oxygen atoms in total. The van der Waals surface area contributed by atoms with Crippen LogP contribution in [0.25, 0.3) is 0 Å². The van der Waals surface area contributed by atoms with Crippen LogP contribution >= 0.6 is 11.6 Å². The maximum atomic E-state index is 12.9. The minimum atomic E-state index is -4.54. The zero-order chi connectivity index (χ0) is 18.2. The van der Waals surface area contributed by atoms with Gasteiger partial charge in [0.2, 0.25) is 0 Å². The van der Waals surface area contributed by atoms with E-state index in [4.69, 9.17) is 11.6 Å². The Hall–Kier alpha value is -2.27. The van der Waals surface area contributed by atoms with Crippen LogP contribution in [-0.4, -0.2) is 27.9 Å². The lowest BCUT2D eigenvalue weighted by molar-refractivity contribution is -0.137. The van der Waals surface area contributed by atoms with Gasteiger partial charge in [-0.25, -0.2) is 0 Å². The van der Waals surface area contributed by atoms with Gasteiger partial charge >= 0.3 is 6.18 Å². The molecule has 0 spiro atoms. The summed E-state index contributed by atoms with van der Waals surface area (Å²) >= 11 is 6.09. The first-order valence-electron chi connectivity index (χ1n) is 7.71. The van der Waals surface area contributed by atoms with Gasteiger partial charge in [-0.1, -0.05) is 11.6 Å². The van der Waals surface area contributed by atoms with E-state index in [0.29, 0.717) is 18.8 Å². The normalized spacial score (nSPS) is 16.1. The highest BCUT2D eigenvalue weighted by atomic mass is 35.5. The lowest BCUT2D eigenvalue weighted by Gasteiger charge is -2.34. The smallest absolute Gasteiger partial charge is 0.369 e. The molecule has 25 heavy (non-hydrogen) atoms. The van der Waals surface area contributed by atoms with E-state index >= 15 is 0 Å². The Morgan fingerprint density at radius 1 is 1.28 bits per heavy atom. The number of aromatic nitrogens is 3. The van der Waals surface area contributed by atoms with E-state index in [9.17, 15) is 18.4 Å². The van der Waals surface area contributed by atoms with Gasteiger partial charge in [0.25, 0.3) is 0 Å². The first-order valence-corrected chi connectivity index (χ1v) is 8.08. The highest BCUT2D eigenvalue weighted by molar-refractivity contribution is 6.33. The van der Waals surface area contributed by atoms with Crippen molar-refractivity contribution in [2.75, 3.05) is 18.0 Å². The molecule has 0 radical (unpaired) electrons. The van der Waals surface area contributed by atoms with Crippen molar-refractivity contribution in [1.82, 2.24) is 14.8 Å². The van der Waals surface area contributed by atoms with Crippen LogP contribution in [0, 0.1) is 11.3 Å². The van der Waals surface area contributed by atoms with Crippen LogP contribution in [-0.2, 0) is 13.2 Å². The minimum Gasteiger partial charge on any atom is -0.369 e. The quantitative estimate of drug-likeness (QED) is 0.809. The highest BCUT2D eigenvalue weighted by Crippen LogP contribution is 2.39. The summed E-state index contributed by atoms with van der Waals surface area (Å²) in [6.07, 6.45) is -1.38. The maximum absolute atomic E-state index is 12.9. The Kier molecular flexibility index (Phi) is 4.60. The summed E-state index contributed by atoms with van der Waals surface area (Å²) in [5.41, 5.74) is -0.600. The monoisotopic (exact) mass is 369 g/mol. The van der Waals surface area contributed by atoms with E-state index in [0.717, 1.165) is 30.8 Å². The molecule has 2 heterocycles. The van der Waals surface area contributed by atoms with Crippen LogP contribution in [0.1, 0.15) is 35.7 Å². The number of hydrogen-bond donors (Lipinski definition) is 0. The van der Waals surface area contributed by atoms with Crippen molar-refractivity contribution in [1.29, 1.82) is 5.26 Å². The lowest BCUT2D eigenvalue weighted by Crippen LogP contribution is -2.34. The van der Waals surface area contributed by atoms with Gasteiger partial charge in [0.15, 0.2) is 0 Å². The number of nitriles is 1. The molecule has 0 unspecified atom stereocenters. The third-order valence-electron chi connectivity index (χ3n) is 4.43. The number of nitrogens with zero attached hydrogens (tertiary/aromatic N) is 5. The van der Waals surface area contributed by atoms with E-state index < -0.39 is 11.7 Å². The fourth-order valence-corrected chi connectivity index (χ4v) is 3.53. The Morgan fingerprint density at radius 3 is 2.48 bits per heavy atom. The predicted octanol–water partition coefficient (Wildman–Crippen LogP) is 3.74. The van der Waals surface area contributed by atoms with Gasteiger partial charge in [0.05, 0.1) is 21.8 Å². The number of hydrogen-bond acceptors (Lipinski definition) is 4. The standard InChI is InChI=1S/C16H15ClF3N5/c1-24-9-22-23-15(24)10-2-4-25(5-3-10)14-11(8-21)6-12(7-13(14)17)16(18,19)20/h6-7,9-10H,2-5H2,1H3. The van der Waals surface area contributed by atoms with E-state index in [1.807, 2.05) is 22.6 Å². The summed E-state index contributed by atoms with van der Waals surface area (Å²) in [6, 6.07) is 3.58. The van der Waals surface area contributed by atoms with Crippen LogP contribution < -0.4 is 4.90 Å². The van der Waals surface area contributed by atoms with Gasteiger partial charge in [-0.15, -0.1) is 10.2 Å². The van der Waals surface area contributed by atoms with Gasteiger partial charge < -0.3 is 9.47 Å². The molecule has 3 rings (SSSR count). The number of alkyl halides is 3. The Morgan fingerprint density at radius 2 is 1.96 bits per heavy atom. The molecule has 0 bridgehead atoms. The summed E-state index contributed by atoms with van der Waals surface area (Å²) in [7, 11) is 1.88. The molecular weight excluding hydrogens is 355 g/mol. The third kappa shape index (κ3) is 3.42. The number of aryl methyl sites for hydroxylation is 1. The predicted molar refractivity (Wildman–Crippen MR) is 86.4 cm³/mol. The fraction of sp³-hybridized carbons (Fsp3) is 0.438. The Bertz CT molecular complexity index is 816. The number of rotatable bonds is 2. The van der Waals surface area contributed by atoms with Gasteiger partial charge in [-0.2, -0.15) is 18.4 Å². The van der Waals surface area contributed by atoms with Crippen molar-refractivity contribution < 1.29 is 13.2 Å². The molecule has 0 amide bonds. The molecule has 1 aliphatic rings. The zero-order valence-corrected chi connectivity index (χ0v) is 14.1. The lowest BCUT2D eigenvalue weighted by atomic mass is 9.95. The van der Waals surface area contributed by atoms with E-state index in [2.05, 4.69) is 10.2 Å². The first-order chi connectivity index (χ1) is 11.8. The number of anilines is 1. The number of piperidine rings is 1. The van der Waals surface area contributed by atoms with Crippen molar-refractivity contribution in [3.05, 3.63) is 40.4 Å². The number of benzene rings is 1. The molecule has 0 aliphatic carbocycles. The van der Waals surface area contributed by atoms with Crippen molar-refractivity contribution >= 4 is 17.3 Å². The van der Waals surface area contributed by atoms with Crippen LogP contribution in [0.5, 0.6) is 0 Å². The topological polar surface area (TPSA) is 57.7 Å². The van der Waals surface area contributed by atoms with E-state index in [1.165, 1.54) is 0 Å². The number of halogens is 4. The molecule has 1 fully saturated rings. The molecule has 9 heteroatoms. The third-order valence-corrected chi connectivity index (χ3v) is 4.72. The molecule has 1 aromatic heterocycles. The molecular formula is C16H15ClF3N5. The Balaban J connectivity index is 1.84. The summed E-state index contributed by atoms with van der Waals surface area (Å²) in [4.78, 5) is 1.87. The average molecular weight is 370 g/mol. The van der Waals surface area contributed by atoms with Crippen molar-refractivity contribution in [3.63, 3.8) is 0 Å². The molecule has 1 aliphatic heterocycles.